The van der Waals surface area contributed by atoms with E-state index in [-0.39, 0.29) is 11.9 Å². The molecule has 1 saturated heterocycles. The monoisotopic (exact) mass is 399 g/mol. The van der Waals surface area contributed by atoms with Crippen molar-refractivity contribution >= 4 is 28.9 Å². The molecule has 1 amide bonds. The van der Waals surface area contributed by atoms with Crippen molar-refractivity contribution in [3.8, 4) is 0 Å². The minimum atomic E-state index is -0.203. The second-order valence-corrected chi connectivity index (χ2v) is 8.02. The maximum Gasteiger partial charge on any atom is 0.258 e. The number of amides is 1. The van der Waals surface area contributed by atoms with Crippen molar-refractivity contribution < 1.29 is 4.79 Å². The van der Waals surface area contributed by atoms with Crippen molar-refractivity contribution in [2.45, 2.75) is 32.2 Å². The van der Waals surface area contributed by atoms with Gasteiger partial charge >= 0.3 is 0 Å². The highest BCUT2D eigenvalue weighted by Crippen LogP contribution is 2.36. The number of carbonyl (C=O) groups is 1. The molecule has 0 spiro atoms. The lowest BCUT2D eigenvalue weighted by Crippen LogP contribution is -2.26. The van der Waals surface area contributed by atoms with Gasteiger partial charge in [-0.3, -0.25) is 4.79 Å². The Morgan fingerprint density at radius 1 is 1.00 bits per heavy atom. The molecule has 0 bridgehead atoms. The van der Waals surface area contributed by atoms with Gasteiger partial charge in [0.1, 0.15) is 0 Å². The highest BCUT2D eigenvalue weighted by molar-refractivity contribution is 6.04. The molecule has 6 nitrogen and oxygen atoms in total. The van der Waals surface area contributed by atoms with E-state index < -0.39 is 0 Å². The van der Waals surface area contributed by atoms with E-state index in [0.717, 1.165) is 30.9 Å². The van der Waals surface area contributed by atoms with Crippen molar-refractivity contribution in [3.05, 3.63) is 72.1 Å². The third-order valence-corrected chi connectivity index (χ3v) is 5.92. The summed E-state index contributed by atoms with van der Waals surface area (Å²) in [5, 5.41) is 2.94. The number of nitrogens with zero attached hydrogens (tertiary/aromatic N) is 4. The van der Waals surface area contributed by atoms with Crippen molar-refractivity contribution in [3.63, 3.8) is 0 Å². The Kier molecular flexibility index (Phi) is 4.83. The first-order valence-corrected chi connectivity index (χ1v) is 10.5. The topological polar surface area (TPSA) is 61.4 Å². The van der Waals surface area contributed by atoms with Gasteiger partial charge in [0.15, 0.2) is 0 Å². The van der Waals surface area contributed by atoms with E-state index >= 15 is 0 Å². The fraction of sp³-hybridized carbons (Fsp3) is 0.292. The van der Waals surface area contributed by atoms with E-state index in [1.54, 1.807) is 12.4 Å². The summed E-state index contributed by atoms with van der Waals surface area (Å²) >= 11 is 0. The number of fused-ring (bicyclic) bond motifs is 1. The van der Waals surface area contributed by atoms with Crippen LogP contribution in [0.1, 0.15) is 35.7 Å². The molecule has 1 fully saturated rings. The summed E-state index contributed by atoms with van der Waals surface area (Å²) in [4.78, 5) is 26.1. The smallest absolute Gasteiger partial charge is 0.258 e. The van der Waals surface area contributed by atoms with E-state index in [0.29, 0.717) is 11.5 Å². The van der Waals surface area contributed by atoms with E-state index in [1.165, 1.54) is 24.1 Å². The number of rotatable bonds is 4. The van der Waals surface area contributed by atoms with Gasteiger partial charge in [-0.15, -0.1) is 0 Å². The Hall–Kier alpha value is -3.41. The number of carbonyl (C=O) groups excluding carboxylic acids is 1. The Labute approximate surface area is 176 Å². The Bertz CT molecular complexity index is 1040. The van der Waals surface area contributed by atoms with Gasteiger partial charge in [-0.1, -0.05) is 18.2 Å². The molecule has 6 heteroatoms. The lowest BCUT2D eigenvalue weighted by Gasteiger charge is -2.22. The first kappa shape index (κ1) is 18.6. The van der Waals surface area contributed by atoms with Crippen molar-refractivity contribution in [2.75, 3.05) is 28.2 Å². The quantitative estimate of drug-likeness (QED) is 0.704. The van der Waals surface area contributed by atoms with Crippen LogP contribution < -0.4 is 15.1 Å². The summed E-state index contributed by atoms with van der Waals surface area (Å²) in [5.41, 5.74) is 4.86. The average Bonchev–Trinajstić information content (AvgIpc) is 3.42. The highest BCUT2D eigenvalue weighted by Gasteiger charge is 2.28. The van der Waals surface area contributed by atoms with Gasteiger partial charge in [-0.05, 0) is 62.1 Å². The van der Waals surface area contributed by atoms with E-state index in [4.69, 9.17) is 0 Å². The second-order valence-electron chi connectivity index (χ2n) is 8.02. The molecule has 1 N–H and O–H groups in total. The van der Waals surface area contributed by atoms with Gasteiger partial charge in [-0.25, -0.2) is 9.97 Å². The third kappa shape index (κ3) is 3.49. The second kappa shape index (κ2) is 7.78. The predicted octanol–water partition coefficient (Wildman–Crippen LogP) is 4.41. The largest absolute Gasteiger partial charge is 0.372 e. The van der Waals surface area contributed by atoms with Gasteiger partial charge in [0.25, 0.3) is 5.91 Å². The van der Waals surface area contributed by atoms with E-state index in [1.807, 2.05) is 18.2 Å². The summed E-state index contributed by atoms with van der Waals surface area (Å²) < 4.78 is 0. The Morgan fingerprint density at radius 2 is 1.70 bits per heavy atom. The molecular formula is C24H25N5O. The zero-order chi connectivity index (χ0) is 20.5. The molecule has 2 aliphatic heterocycles. The van der Waals surface area contributed by atoms with Crippen LogP contribution in [-0.2, 0) is 6.42 Å². The van der Waals surface area contributed by atoms with Crippen molar-refractivity contribution in [1.82, 2.24) is 9.97 Å². The normalized spacial score (nSPS) is 17.8. The summed E-state index contributed by atoms with van der Waals surface area (Å²) in [6.07, 6.45) is 6.66. The van der Waals surface area contributed by atoms with Crippen molar-refractivity contribution in [1.29, 1.82) is 0 Å². The van der Waals surface area contributed by atoms with Gasteiger partial charge < -0.3 is 15.1 Å². The molecule has 1 aromatic heterocycles. The van der Waals surface area contributed by atoms with Gasteiger partial charge in [-0.2, -0.15) is 0 Å². The number of para-hydroxylation sites is 1. The molecule has 0 radical (unpaired) electrons. The zero-order valence-corrected chi connectivity index (χ0v) is 17.1. The van der Waals surface area contributed by atoms with Gasteiger partial charge in [0, 0.05) is 48.6 Å². The standard InChI is InChI=1S/C24H25N5O/c1-17-14-18-6-2-3-7-22(18)29(17)24-25-15-19(16-26-24)23(30)27-20-8-10-21(11-9-20)28-12-4-5-13-28/h2-3,6-11,15-17H,4-5,12-14H2,1H3,(H,27,30). The molecule has 152 valence electrons. The lowest BCUT2D eigenvalue weighted by molar-refractivity contribution is 0.102. The molecule has 0 saturated carbocycles. The summed E-state index contributed by atoms with van der Waals surface area (Å²) in [6.45, 7) is 4.38. The fourth-order valence-electron chi connectivity index (χ4n) is 4.37. The van der Waals surface area contributed by atoms with E-state index in [2.05, 4.69) is 62.3 Å². The first-order valence-electron chi connectivity index (χ1n) is 10.5. The van der Waals surface area contributed by atoms with Crippen LogP contribution in [0.5, 0.6) is 0 Å². The van der Waals surface area contributed by atoms with Gasteiger partial charge in [0.2, 0.25) is 5.95 Å². The van der Waals surface area contributed by atoms with Crippen LogP contribution >= 0.6 is 0 Å². The minimum absolute atomic E-state index is 0.203. The molecule has 2 aromatic carbocycles. The lowest BCUT2D eigenvalue weighted by atomic mass is 10.1. The Morgan fingerprint density at radius 3 is 2.43 bits per heavy atom. The molecule has 3 aromatic rings. The average molecular weight is 399 g/mol. The number of hydrogen-bond acceptors (Lipinski definition) is 5. The SMILES string of the molecule is CC1Cc2ccccc2N1c1ncc(C(=O)Nc2ccc(N3CCCC3)cc2)cn1. The predicted molar refractivity (Wildman–Crippen MR) is 120 cm³/mol. The van der Waals surface area contributed by atoms with Crippen LogP contribution in [0.15, 0.2) is 60.9 Å². The van der Waals surface area contributed by atoms with Crippen LogP contribution in [0.4, 0.5) is 23.0 Å². The molecule has 1 unspecified atom stereocenters. The van der Waals surface area contributed by atoms with Crippen LogP contribution in [0.3, 0.4) is 0 Å². The molecule has 1 atom stereocenters. The van der Waals surface area contributed by atoms with Crippen LogP contribution in [0, 0.1) is 0 Å². The number of nitrogens with one attached hydrogen (secondary N) is 1. The molecule has 3 heterocycles. The molecule has 0 aliphatic carbocycles. The zero-order valence-electron chi connectivity index (χ0n) is 17.1. The maximum absolute atomic E-state index is 12.6. The molecule has 30 heavy (non-hydrogen) atoms. The van der Waals surface area contributed by atoms with Crippen LogP contribution in [0.2, 0.25) is 0 Å². The highest BCUT2D eigenvalue weighted by atomic mass is 16.1. The molecule has 5 rings (SSSR count). The molecular weight excluding hydrogens is 374 g/mol. The number of benzene rings is 2. The summed E-state index contributed by atoms with van der Waals surface area (Å²) in [6, 6.07) is 16.6. The first-order chi connectivity index (χ1) is 14.7. The summed E-state index contributed by atoms with van der Waals surface area (Å²) in [5.74, 6) is 0.421. The van der Waals surface area contributed by atoms with Gasteiger partial charge in [0.05, 0.1) is 5.56 Å². The van der Waals surface area contributed by atoms with Crippen LogP contribution in [0.25, 0.3) is 0 Å². The number of aromatic nitrogens is 2. The Balaban J connectivity index is 1.28. The van der Waals surface area contributed by atoms with Crippen LogP contribution in [-0.4, -0.2) is 35.0 Å². The number of hydrogen-bond donors (Lipinski definition) is 1. The van der Waals surface area contributed by atoms with Crippen molar-refractivity contribution in [2.24, 2.45) is 0 Å². The third-order valence-electron chi connectivity index (χ3n) is 5.92. The molecule has 2 aliphatic rings. The van der Waals surface area contributed by atoms with E-state index in [9.17, 15) is 4.79 Å². The minimum Gasteiger partial charge on any atom is -0.372 e. The summed E-state index contributed by atoms with van der Waals surface area (Å²) in [7, 11) is 0. The number of anilines is 4. The fourth-order valence-corrected chi connectivity index (χ4v) is 4.37. The maximum atomic E-state index is 12.6.